The maximum absolute atomic E-state index is 12.6. The molecular formula is C24H26N4O2S. The van der Waals surface area contributed by atoms with Gasteiger partial charge in [0, 0.05) is 35.2 Å². The molecule has 2 N–H and O–H groups in total. The third-order valence-electron chi connectivity index (χ3n) is 5.02. The van der Waals surface area contributed by atoms with Crippen molar-refractivity contribution >= 4 is 29.4 Å². The average Bonchev–Trinajstić information content (AvgIpc) is 3.39. The summed E-state index contributed by atoms with van der Waals surface area (Å²) >= 11 is 1.84. The average molecular weight is 435 g/mol. The Kier molecular flexibility index (Phi) is 6.42. The Morgan fingerprint density at radius 3 is 2.71 bits per heavy atom. The van der Waals surface area contributed by atoms with Crippen LogP contribution in [0.5, 0.6) is 0 Å². The van der Waals surface area contributed by atoms with Gasteiger partial charge in [-0.2, -0.15) is 0 Å². The molecule has 0 radical (unpaired) electrons. The van der Waals surface area contributed by atoms with Crippen molar-refractivity contribution < 1.29 is 9.59 Å². The van der Waals surface area contributed by atoms with E-state index in [2.05, 4.69) is 47.8 Å². The lowest BCUT2D eigenvalue weighted by Crippen LogP contribution is -2.24. The normalized spacial score (nSPS) is 15.8. The van der Waals surface area contributed by atoms with Crippen LogP contribution in [0.25, 0.3) is 16.9 Å². The largest absolute Gasteiger partial charge is 0.355 e. The Morgan fingerprint density at radius 1 is 1.19 bits per heavy atom. The molecule has 1 aromatic heterocycles. The Morgan fingerprint density at radius 2 is 2.00 bits per heavy atom. The van der Waals surface area contributed by atoms with E-state index in [1.165, 1.54) is 4.90 Å². The fourth-order valence-corrected chi connectivity index (χ4v) is 4.35. The van der Waals surface area contributed by atoms with Crippen LogP contribution >= 0.6 is 11.8 Å². The number of carbonyl (C=O) groups excluding carboxylic acids is 2. The number of aromatic nitrogens is 2. The monoisotopic (exact) mass is 434 g/mol. The second-order valence-corrected chi connectivity index (χ2v) is 9.18. The molecule has 1 fully saturated rings. The zero-order valence-corrected chi connectivity index (χ0v) is 18.5. The molecule has 0 unspecified atom stereocenters. The molecule has 2 heterocycles. The summed E-state index contributed by atoms with van der Waals surface area (Å²) in [7, 11) is 0. The smallest absolute Gasteiger partial charge is 0.230 e. The van der Waals surface area contributed by atoms with Crippen LogP contribution in [-0.4, -0.2) is 33.9 Å². The zero-order valence-electron chi connectivity index (χ0n) is 17.7. The number of para-hydroxylation sites is 1. The van der Waals surface area contributed by atoms with Gasteiger partial charge in [0.2, 0.25) is 11.8 Å². The van der Waals surface area contributed by atoms with E-state index in [0.717, 1.165) is 22.7 Å². The fraction of sp³-hybridized carbons (Fsp3) is 0.292. The van der Waals surface area contributed by atoms with Gasteiger partial charge in [0.15, 0.2) is 5.82 Å². The molecule has 7 heteroatoms. The number of hydrogen-bond donors (Lipinski definition) is 2. The molecule has 1 aliphatic heterocycles. The third kappa shape index (κ3) is 5.17. The fourth-order valence-electron chi connectivity index (χ4n) is 3.44. The second-order valence-electron chi connectivity index (χ2n) is 8.09. The van der Waals surface area contributed by atoms with Gasteiger partial charge >= 0.3 is 0 Å². The van der Waals surface area contributed by atoms with Crippen molar-refractivity contribution in [1.29, 1.82) is 0 Å². The summed E-state index contributed by atoms with van der Waals surface area (Å²) in [5.74, 6) is 1.49. The molecule has 160 valence electrons. The quantitative estimate of drug-likeness (QED) is 0.542. The lowest BCUT2D eigenvalue weighted by atomic mass is 10.1. The summed E-state index contributed by atoms with van der Waals surface area (Å²) in [5, 5.41) is 10.3. The summed E-state index contributed by atoms with van der Waals surface area (Å²) in [6.07, 6.45) is 0.215. The van der Waals surface area contributed by atoms with Gasteiger partial charge in [-0.15, -0.1) is 16.9 Å². The Bertz CT molecular complexity index is 1080. The minimum atomic E-state index is -0.367. The van der Waals surface area contributed by atoms with Crippen molar-refractivity contribution in [2.75, 3.05) is 17.6 Å². The number of rotatable bonds is 7. The van der Waals surface area contributed by atoms with Crippen molar-refractivity contribution in [3.05, 3.63) is 60.7 Å². The number of hydrogen-bond acceptors (Lipinski definition) is 4. The maximum atomic E-state index is 12.6. The summed E-state index contributed by atoms with van der Waals surface area (Å²) in [6, 6.07) is 20.1. The molecule has 0 aliphatic carbocycles. The highest BCUT2D eigenvalue weighted by atomic mass is 32.2. The second kappa shape index (κ2) is 9.39. The first-order valence-electron chi connectivity index (χ1n) is 10.5. The molecule has 1 atom stereocenters. The molecule has 2 aromatic carbocycles. The van der Waals surface area contributed by atoms with E-state index in [4.69, 9.17) is 0 Å². The van der Waals surface area contributed by atoms with Crippen LogP contribution in [0.4, 0.5) is 5.82 Å². The SMILES string of the molecule is CC(C)CSc1cccc(-c2cc(NC(=O)[C@@H]3CNC(=O)C3)nn2-c2ccccc2)c1. The predicted octanol–water partition coefficient (Wildman–Crippen LogP) is 4.36. The number of amides is 2. The third-order valence-corrected chi connectivity index (χ3v) is 6.44. The van der Waals surface area contributed by atoms with E-state index in [9.17, 15) is 9.59 Å². The van der Waals surface area contributed by atoms with Gasteiger partial charge in [-0.3, -0.25) is 9.59 Å². The van der Waals surface area contributed by atoms with Crippen LogP contribution in [-0.2, 0) is 9.59 Å². The molecule has 1 aliphatic rings. The first kappa shape index (κ1) is 21.2. The summed E-state index contributed by atoms with van der Waals surface area (Å²) in [5.41, 5.74) is 2.84. The number of nitrogens with zero attached hydrogens (tertiary/aromatic N) is 2. The van der Waals surface area contributed by atoms with E-state index in [0.29, 0.717) is 18.3 Å². The first-order valence-corrected chi connectivity index (χ1v) is 11.4. The van der Waals surface area contributed by atoms with Crippen LogP contribution in [0.1, 0.15) is 20.3 Å². The van der Waals surface area contributed by atoms with Gasteiger partial charge in [0.05, 0.1) is 17.3 Å². The Balaban J connectivity index is 1.65. The lowest BCUT2D eigenvalue weighted by Gasteiger charge is -2.09. The van der Waals surface area contributed by atoms with E-state index in [1.807, 2.05) is 58.9 Å². The van der Waals surface area contributed by atoms with Crippen LogP contribution < -0.4 is 10.6 Å². The van der Waals surface area contributed by atoms with Crippen LogP contribution in [0.3, 0.4) is 0 Å². The molecule has 4 rings (SSSR count). The molecular weight excluding hydrogens is 408 g/mol. The van der Waals surface area contributed by atoms with E-state index in [-0.39, 0.29) is 24.2 Å². The van der Waals surface area contributed by atoms with Gasteiger partial charge in [-0.25, -0.2) is 4.68 Å². The van der Waals surface area contributed by atoms with Crippen molar-refractivity contribution in [2.24, 2.45) is 11.8 Å². The van der Waals surface area contributed by atoms with Crippen molar-refractivity contribution in [3.8, 4) is 16.9 Å². The molecule has 3 aromatic rings. The highest BCUT2D eigenvalue weighted by molar-refractivity contribution is 7.99. The lowest BCUT2D eigenvalue weighted by molar-refractivity contribution is -0.123. The summed E-state index contributed by atoms with van der Waals surface area (Å²) < 4.78 is 1.85. The van der Waals surface area contributed by atoms with E-state index < -0.39 is 0 Å². The van der Waals surface area contributed by atoms with E-state index >= 15 is 0 Å². The van der Waals surface area contributed by atoms with Crippen LogP contribution in [0.2, 0.25) is 0 Å². The predicted molar refractivity (Wildman–Crippen MR) is 124 cm³/mol. The minimum Gasteiger partial charge on any atom is -0.355 e. The number of carbonyl (C=O) groups is 2. The Hall–Kier alpha value is -3.06. The van der Waals surface area contributed by atoms with Crippen molar-refractivity contribution in [2.45, 2.75) is 25.2 Å². The molecule has 2 amide bonds. The molecule has 6 nitrogen and oxygen atoms in total. The minimum absolute atomic E-state index is 0.0913. The van der Waals surface area contributed by atoms with Gasteiger partial charge in [-0.1, -0.05) is 44.2 Å². The number of anilines is 1. The van der Waals surface area contributed by atoms with Gasteiger partial charge in [0.1, 0.15) is 0 Å². The Labute approximate surface area is 186 Å². The number of benzene rings is 2. The summed E-state index contributed by atoms with van der Waals surface area (Å²) in [4.78, 5) is 25.3. The number of thioether (sulfide) groups is 1. The highest BCUT2D eigenvalue weighted by Crippen LogP contribution is 2.30. The highest BCUT2D eigenvalue weighted by Gasteiger charge is 2.28. The van der Waals surface area contributed by atoms with Crippen LogP contribution in [0.15, 0.2) is 65.6 Å². The van der Waals surface area contributed by atoms with E-state index in [1.54, 1.807) is 0 Å². The topological polar surface area (TPSA) is 76.0 Å². The summed E-state index contributed by atoms with van der Waals surface area (Å²) in [6.45, 7) is 4.79. The number of nitrogens with one attached hydrogen (secondary N) is 2. The van der Waals surface area contributed by atoms with Gasteiger partial charge in [-0.05, 0) is 30.2 Å². The van der Waals surface area contributed by atoms with Gasteiger partial charge < -0.3 is 10.6 Å². The van der Waals surface area contributed by atoms with Crippen molar-refractivity contribution in [1.82, 2.24) is 15.1 Å². The standard InChI is InChI=1S/C24H26N4O2S/c1-16(2)15-31-20-10-6-7-17(11-20)21-13-22(26-24(30)18-12-23(29)25-14-18)27-28(21)19-8-4-3-5-9-19/h3-11,13,16,18H,12,14-15H2,1-2H3,(H,25,29)(H,26,27,30)/t18-/m0/s1. The molecule has 0 saturated carbocycles. The molecule has 0 bridgehead atoms. The van der Waals surface area contributed by atoms with Crippen molar-refractivity contribution in [3.63, 3.8) is 0 Å². The van der Waals surface area contributed by atoms with Gasteiger partial charge in [0.25, 0.3) is 0 Å². The molecule has 0 spiro atoms. The first-order chi connectivity index (χ1) is 15.0. The maximum Gasteiger partial charge on any atom is 0.230 e. The molecule has 1 saturated heterocycles. The zero-order chi connectivity index (χ0) is 21.8. The molecule has 31 heavy (non-hydrogen) atoms. The van der Waals surface area contributed by atoms with Crippen LogP contribution in [0, 0.1) is 11.8 Å².